The third-order valence-electron chi connectivity index (χ3n) is 6.05. The average molecular weight is 448 g/mol. The molecule has 2 aliphatic heterocycles. The van der Waals surface area contributed by atoms with Crippen molar-refractivity contribution in [3.05, 3.63) is 51.4 Å². The molecule has 2 aromatic heterocycles. The second kappa shape index (κ2) is 8.22. The molecule has 1 atom stereocenters. The monoisotopic (exact) mass is 447 g/mol. The van der Waals surface area contributed by atoms with E-state index in [9.17, 15) is 9.18 Å². The lowest BCUT2D eigenvalue weighted by molar-refractivity contribution is -0.00917. The lowest BCUT2D eigenvalue weighted by atomic mass is 10.1. The van der Waals surface area contributed by atoms with Crippen molar-refractivity contribution in [3.8, 4) is 5.75 Å². The summed E-state index contributed by atoms with van der Waals surface area (Å²) in [5, 5.41) is 4.96. The number of halogens is 2. The first-order valence-electron chi connectivity index (χ1n) is 10.4. The van der Waals surface area contributed by atoms with Gasteiger partial charge in [0, 0.05) is 26.3 Å². The molecule has 1 unspecified atom stereocenters. The molecule has 2 saturated heterocycles. The lowest BCUT2D eigenvalue weighted by Gasteiger charge is -2.42. The van der Waals surface area contributed by atoms with Crippen LogP contribution in [0.5, 0.6) is 5.75 Å². The predicted octanol–water partition coefficient (Wildman–Crippen LogP) is 3.09. The van der Waals surface area contributed by atoms with Crippen molar-refractivity contribution in [1.29, 1.82) is 0 Å². The summed E-state index contributed by atoms with van der Waals surface area (Å²) in [4.78, 5) is 22.4. The summed E-state index contributed by atoms with van der Waals surface area (Å²) in [6.07, 6.45) is 3.12. The van der Waals surface area contributed by atoms with Crippen LogP contribution >= 0.6 is 11.6 Å². The maximum atomic E-state index is 14.1. The molecule has 1 N–H and O–H groups in total. The Morgan fingerprint density at radius 2 is 2.10 bits per heavy atom. The van der Waals surface area contributed by atoms with E-state index >= 15 is 0 Å². The van der Waals surface area contributed by atoms with Crippen molar-refractivity contribution in [1.82, 2.24) is 24.6 Å². The quantitative estimate of drug-likeness (QED) is 0.647. The molecule has 164 valence electrons. The predicted molar refractivity (Wildman–Crippen MR) is 113 cm³/mol. The van der Waals surface area contributed by atoms with Crippen LogP contribution in [0.2, 0.25) is 5.02 Å². The van der Waals surface area contributed by atoms with Gasteiger partial charge in [-0.05, 0) is 31.9 Å². The number of hydrogen-bond acceptors (Lipinski definition) is 6. The number of hydrogen-bond donors (Lipinski definition) is 1. The Bertz CT molecular complexity index is 1150. The van der Waals surface area contributed by atoms with E-state index in [-0.39, 0.29) is 34.5 Å². The summed E-state index contributed by atoms with van der Waals surface area (Å²) in [7, 11) is 0. The number of rotatable bonds is 5. The van der Waals surface area contributed by atoms with E-state index in [2.05, 4.69) is 15.0 Å². The van der Waals surface area contributed by atoms with E-state index in [1.54, 1.807) is 18.3 Å². The summed E-state index contributed by atoms with van der Waals surface area (Å²) >= 11 is 5.82. The Hall–Kier alpha value is -2.49. The van der Waals surface area contributed by atoms with E-state index in [1.807, 2.05) is 11.6 Å². The van der Waals surface area contributed by atoms with Crippen LogP contribution in [0, 0.1) is 5.82 Å². The molecule has 2 aliphatic rings. The maximum absolute atomic E-state index is 14.1. The Kier molecular flexibility index (Phi) is 5.41. The second-order valence-electron chi connectivity index (χ2n) is 8.04. The topological polar surface area (TPSA) is 85.3 Å². The standard InChI is InChI=1S/C21H23ClFN5O3/c1-12(27-10-14(11-27)31-17-4-2-3-16(22)18(17)23)19-25-20-15(21(29)26-19)9-24-28(20)13-5-7-30-8-6-13/h2-4,9,12-14H,5-8,10-11H2,1H3,(H,25,26,29). The molecule has 10 heteroatoms. The van der Waals surface area contributed by atoms with Crippen LogP contribution in [0.15, 0.2) is 29.2 Å². The fourth-order valence-corrected chi connectivity index (χ4v) is 4.30. The highest BCUT2D eigenvalue weighted by Crippen LogP contribution is 2.30. The van der Waals surface area contributed by atoms with Gasteiger partial charge in [-0.15, -0.1) is 0 Å². The highest BCUT2D eigenvalue weighted by atomic mass is 35.5. The molecule has 8 nitrogen and oxygen atoms in total. The van der Waals surface area contributed by atoms with Crippen LogP contribution in [0.25, 0.3) is 11.0 Å². The zero-order valence-electron chi connectivity index (χ0n) is 17.1. The number of aromatic nitrogens is 4. The molecule has 0 bridgehead atoms. The smallest absolute Gasteiger partial charge is 0.262 e. The van der Waals surface area contributed by atoms with Crippen molar-refractivity contribution >= 4 is 22.6 Å². The van der Waals surface area contributed by atoms with Gasteiger partial charge in [-0.2, -0.15) is 5.10 Å². The highest BCUT2D eigenvalue weighted by molar-refractivity contribution is 6.30. The minimum atomic E-state index is -0.548. The summed E-state index contributed by atoms with van der Waals surface area (Å²) in [5.74, 6) is 0.185. The number of aromatic amines is 1. The number of fused-ring (bicyclic) bond motifs is 1. The molecule has 3 aromatic rings. The number of likely N-dealkylation sites (tertiary alicyclic amines) is 1. The number of ether oxygens (including phenoxy) is 2. The molecule has 0 radical (unpaired) electrons. The Morgan fingerprint density at radius 3 is 2.87 bits per heavy atom. The molecule has 2 fully saturated rings. The van der Waals surface area contributed by atoms with Crippen molar-refractivity contribution in [2.45, 2.75) is 38.0 Å². The summed E-state index contributed by atoms with van der Waals surface area (Å²) in [5.41, 5.74) is 0.409. The third-order valence-corrected chi connectivity index (χ3v) is 6.34. The summed E-state index contributed by atoms with van der Waals surface area (Å²) < 4.78 is 27.1. The Balaban J connectivity index is 1.32. The SMILES string of the molecule is CC(c1nc2c(cnn2C2CCOCC2)c(=O)[nH]1)N1CC(Oc2cccc(Cl)c2F)C1. The van der Waals surface area contributed by atoms with Gasteiger partial charge in [-0.1, -0.05) is 17.7 Å². The summed E-state index contributed by atoms with van der Waals surface area (Å²) in [6.45, 7) is 4.53. The molecule has 1 aromatic carbocycles. The van der Waals surface area contributed by atoms with Crippen LogP contribution in [-0.4, -0.2) is 57.1 Å². The molecule has 0 spiro atoms. The molecule has 0 amide bonds. The van der Waals surface area contributed by atoms with E-state index < -0.39 is 5.82 Å². The first-order chi connectivity index (χ1) is 15.0. The van der Waals surface area contributed by atoms with Crippen LogP contribution < -0.4 is 10.3 Å². The van der Waals surface area contributed by atoms with Crippen molar-refractivity contribution in [2.75, 3.05) is 26.3 Å². The minimum Gasteiger partial charge on any atom is -0.485 e. The zero-order valence-corrected chi connectivity index (χ0v) is 17.8. The third kappa shape index (κ3) is 3.81. The van der Waals surface area contributed by atoms with Crippen LogP contribution in [-0.2, 0) is 4.74 Å². The maximum Gasteiger partial charge on any atom is 0.262 e. The van der Waals surface area contributed by atoms with E-state index in [4.69, 9.17) is 26.1 Å². The fraction of sp³-hybridized carbons (Fsp3) is 0.476. The van der Waals surface area contributed by atoms with Crippen molar-refractivity contribution < 1.29 is 13.9 Å². The van der Waals surface area contributed by atoms with Crippen molar-refractivity contribution in [2.24, 2.45) is 0 Å². The number of H-pyrrole nitrogens is 1. The first kappa shape index (κ1) is 20.4. The first-order valence-corrected chi connectivity index (χ1v) is 10.8. The Labute approximate surface area is 182 Å². The van der Waals surface area contributed by atoms with E-state index in [0.717, 1.165) is 12.8 Å². The van der Waals surface area contributed by atoms with Crippen LogP contribution in [0.3, 0.4) is 0 Å². The molecule has 0 aliphatic carbocycles. The minimum absolute atomic E-state index is 0.0401. The second-order valence-corrected chi connectivity index (χ2v) is 8.45. The number of benzene rings is 1. The summed E-state index contributed by atoms with van der Waals surface area (Å²) in [6, 6.07) is 4.77. The largest absolute Gasteiger partial charge is 0.485 e. The van der Waals surface area contributed by atoms with Gasteiger partial charge in [-0.3, -0.25) is 9.69 Å². The van der Waals surface area contributed by atoms with Gasteiger partial charge in [-0.25, -0.2) is 14.1 Å². The molecular formula is C21H23ClFN5O3. The highest BCUT2D eigenvalue weighted by Gasteiger charge is 2.34. The van der Waals surface area contributed by atoms with E-state index in [0.29, 0.717) is 43.2 Å². The molecule has 4 heterocycles. The van der Waals surface area contributed by atoms with Gasteiger partial charge in [0.1, 0.15) is 17.3 Å². The van der Waals surface area contributed by atoms with E-state index in [1.165, 1.54) is 6.07 Å². The van der Waals surface area contributed by atoms with Crippen LogP contribution in [0.1, 0.15) is 37.7 Å². The van der Waals surface area contributed by atoms with Gasteiger partial charge < -0.3 is 14.5 Å². The number of nitrogens with zero attached hydrogens (tertiary/aromatic N) is 4. The van der Waals surface area contributed by atoms with Gasteiger partial charge in [0.25, 0.3) is 5.56 Å². The van der Waals surface area contributed by atoms with Crippen molar-refractivity contribution in [3.63, 3.8) is 0 Å². The van der Waals surface area contributed by atoms with Gasteiger partial charge in [0.2, 0.25) is 0 Å². The van der Waals surface area contributed by atoms with Gasteiger partial charge >= 0.3 is 0 Å². The molecule has 0 saturated carbocycles. The number of nitrogens with one attached hydrogen (secondary N) is 1. The zero-order chi connectivity index (χ0) is 21.5. The van der Waals surface area contributed by atoms with Gasteiger partial charge in [0.15, 0.2) is 17.2 Å². The molecule has 31 heavy (non-hydrogen) atoms. The van der Waals surface area contributed by atoms with Crippen LogP contribution in [0.4, 0.5) is 4.39 Å². The molecule has 5 rings (SSSR count). The average Bonchev–Trinajstić information content (AvgIpc) is 3.18. The molecular weight excluding hydrogens is 425 g/mol. The Morgan fingerprint density at radius 1 is 1.32 bits per heavy atom. The lowest BCUT2D eigenvalue weighted by Crippen LogP contribution is -2.54. The van der Waals surface area contributed by atoms with Gasteiger partial charge in [0.05, 0.1) is 23.3 Å². The fourth-order valence-electron chi connectivity index (χ4n) is 4.14. The normalized spacial score (nSPS) is 19.5.